The first-order chi connectivity index (χ1) is 8.42. The van der Waals surface area contributed by atoms with Gasteiger partial charge in [0.05, 0.1) is 0 Å². The van der Waals surface area contributed by atoms with Crippen molar-refractivity contribution in [2.24, 2.45) is 0 Å². The highest BCUT2D eigenvalue weighted by Gasteiger charge is 2.18. The first kappa shape index (κ1) is 11.0. The minimum atomic E-state index is 0.522. The van der Waals surface area contributed by atoms with Crippen LogP contribution in [-0.4, -0.2) is 17.6 Å². The van der Waals surface area contributed by atoms with Crippen LogP contribution in [0.2, 0.25) is 0 Å². The molecule has 0 amide bonds. The molecule has 2 fully saturated rings. The van der Waals surface area contributed by atoms with Gasteiger partial charge in [-0.25, -0.2) is 4.98 Å². The number of pyridine rings is 1. The number of nitrogens with one attached hydrogen (secondary N) is 2. The highest BCUT2D eigenvalue weighted by Crippen LogP contribution is 2.25. The molecule has 0 aromatic carbocycles. The van der Waals surface area contributed by atoms with Crippen LogP contribution in [0.1, 0.15) is 50.1 Å². The molecule has 0 unspecified atom stereocenters. The number of anilines is 1. The van der Waals surface area contributed by atoms with Crippen molar-refractivity contribution in [1.82, 2.24) is 10.3 Å². The van der Waals surface area contributed by atoms with Gasteiger partial charge in [-0.05, 0) is 50.3 Å². The second-order valence-corrected chi connectivity index (χ2v) is 5.25. The lowest BCUT2D eigenvalue weighted by Crippen LogP contribution is -2.28. The lowest BCUT2D eigenvalue weighted by Gasteiger charge is -2.27. The standard InChI is InChI=1S/C14H21N3/c1-2-9-15-13(6-1)11-7-8-14(16-10-11)17-12-4-3-5-12/h7-8,10,12-13,15H,1-6,9H2,(H,16,17)/t13-/m1/s1. The van der Waals surface area contributed by atoms with Crippen molar-refractivity contribution < 1.29 is 0 Å². The van der Waals surface area contributed by atoms with Crippen molar-refractivity contribution in [3.8, 4) is 0 Å². The normalized spacial score (nSPS) is 25.3. The van der Waals surface area contributed by atoms with E-state index in [4.69, 9.17) is 0 Å². The van der Waals surface area contributed by atoms with E-state index < -0.39 is 0 Å². The van der Waals surface area contributed by atoms with Gasteiger partial charge in [0.15, 0.2) is 0 Å². The average molecular weight is 231 g/mol. The second kappa shape index (κ2) is 5.05. The second-order valence-electron chi connectivity index (χ2n) is 5.25. The zero-order valence-electron chi connectivity index (χ0n) is 10.3. The minimum absolute atomic E-state index is 0.522. The molecule has 1 atom stereocenters. The first-order valence-corrected chi connectivity index (χ1v) is 6.88. The molecule has 17 heavy (non-hydrogen) atoms. The van der Waals surface area contributed by atoms with Gasteiger partial charge < -0.3 is 10.6 Å². The van der Waals surface area contributed by atoms with Gasteiger partial charge in [0.2, 0.25) is 0 Å². The van der Waals surface area contributed by atoms with Crippen molar-refractivity contribution in [1.29, 1.82) is 0 Å². The maximum atomic E-state index is 4.52. The van der Waals surface area contributed by atoms with Gasteiger partial charge in [-0.1, -0.05) is 12.5 Å². The molecule has 92 valence electrons. The van der Waals surface area contributed by atoms with Gasteiger partial charge in [-0.2, -0.15) is 0 Å². The molecule has 1 saturated heterocycles. The third kappa shape index (κ3) is 2.60. The van der Waals surface area contributed by atoms with Crippen LogP contribution in [0.5, 0.6) is 0 Å². The van der Waals surface area contributed by atoms with Crippen molar-refractivity contribution in [2.75, 3.05) is 11.9 Å². The Hall–Kier alpha value is -1.09. The molecule has 1 aliphatic heterocycles. The summed E-state index contributed by atoms with van der Waals surface area (Å²) in [7, 11) is 0. The molecule has 1 saturated carbocycles. The fraction of sp³-hybridized carbons (Fsp3) is 0.643. The maximum absolute atomic E-state index is 4.52. The fourth-order valence-corrected chi connectivity index (χ4v) is 2.59. The lowest BCUT2D eigenvalue weighted by molar-refractivity contribution is 0.411. The van der Waals surface area contributed by atoms with Crippen LogP contribution < -0.4 is 10.6 Å². The maximum Gasteiger partial charge on any atom is 0.126 e. The molecule has 2 N–H and O–H groups in total. The number of rotatable bonds is 3. The van der Waals surface area contributed by atoms with Gasteiger partial charge in [-0.3, -0.25) is 0 Å². The molecule has 3 heteroatoms. The molecule has 1 aromatic rings. The van der Waals surface area contributed by atoms with E-state index in [2.05, 4.69) is 27.8 Å². The van der Waals surface area contributed by atoms with Gasteiger partial charge in [0, 0.05) is 18.3 Å². The molecule has 0 radical (unpaired) electrons. The van der Waals surface area contributed by atoms with Gasteiger partial charge in [0.25, 0.3) is 0 Å². The Kier molecular flexibility index (Phi) is 3.27. The quantitative estimate of drug-likeness (QED) is 0.840. The van der Waals surface area contributed by atoms with Crippen molar-refractivity contribution >= 4 is 5.82 Å². The van der Waals surface area contributed by atoms with E-state index in [1.165, 1.54) is 44.1 Å². The Morgan fingerprint density at radius 3 is 2.65 bits per heavy atom. The highest BCUT2D eigenvalue weighted by atomic mass is 15.0. The minimum Gasteiger partial charge on any atom is -0.367 e. The van der Waals surface area contributed by atoms with Crippen LogP contribution in [0.25, 0.3) is 0 Å². The first-order valence-electron chi connectivity index (χ1n) is 6.88. The van der Waals surface area contributed by atoms with Gasteiger partial charge in [-0.15, -0.1) is 0 Å². The Balaban J connectivity index is 1.62. The zero-order chi connectivity index (χ0) is 11.5. The predicted molar refractivity (Wildman–Crippen MR) is 70.1 cm³/mol. The summed E-state index contributed by atoms with van der Waals surface area (Å²) in [5, 5.41) is 7.03. The van der Waals surface area contributed by atoms with E-state index in [-0.39, 0.29) is 0 Å². The van der Waals surface area contributed by atoms with Crippen LogP contribution in [0, 0.1) is 0 Å². The summed E-state index contributed by atoms with van der Waals surface area (Å²) in [6, 6.07) is 5.54. The van der Waals surface area contributed by atoms with Crippen LogP contribution >= 0.6 is 0 Å². The predicted octanol–water partition coefficient (Wildman–Crippen LogP) is 2.86. The zero-order valence-corrected chi connectivity index (χ0v) is 10.3. The smallest absolute Gasteiger partial charge is 0.126 e. The summed E-state index contributed by atoms with van der Waals surface area (Å²) in [6.45, 7) is 1.15. The summed E-state index contributed by atoms with van der Waals surface area (Å²) in [6.07, 6.45) is 9.88. The van der Waals surface area contributed by atoms with E-state index in [9.17, 15) is 0 Å². The van der Waals surface area contributed by atoms with Crippen LogP contribution in [-0.2, 0) is 0 Å². The van der Waals surface area contributed by atoms with Crippen molar-refractivity contribution in [2.45, 2.75) is 50.6 Å². The highest BCUT2D eigenvalue weighted by molar-refractivity contribution is 5.37. The molecule has 1 aliphatic carbocycles. The Morgan fingerprint density at radius 1 is 1.12 bits per heavy atom. The topological polar surface area (TPSA) is 37.0 Å². The number of nitrogens with zero attached hydrogens (tertiary/aromatic N) is 1. The van der Waals surface area contributed by atoms with E-state index >= 15 is 0 Å². The summed E-state index contributed by atoms with van der Waals surface area (Å²) < 4.78 is 0. The van der Waals surface area contributed by atoms with Crippen molar-refractivity contribution in [3.63, 3.8) is 0 Å². The number of hydrogen-bond donors (Lipinski definition) is 2. The molecular weight excluding hydrogens is 210 g/mol. The summed E-state index contributed by atoms with van der Waals surface area (Å²) in [4.78, 5) is 4.52. The molecule has 0 spiro atoms. The Bertz CT molecular complexity index is 350. The van der Waals surface area contributed by atoms with E-state index in [1.54, 1.807) is 0 Å². The molecule has 3 rings (SSSR count). The molecule has 2 aliphatic rings. The third-order valence-electron chi connectivity index (χ3n) is 3.96. The van der Waals surface area contributed by atoms with Crippen LogP contribution in [0.4, 0.5) is 5.82 Å². The molecule has 1 aromatic heterocycles. The van der Waals surface area contributed by atoms with E-state index in [0.717, 1.165) is 12.4 Å². The number of piperidine rings is 1. The molecule has 0 bridgehead atoms. The third-order valence-corrected chi connectivity index (χ3v) is 3.96. The number of hydrogen-bond acceptors (Lipinski definition) is 3. The SMILES string of the molecule is c1cc(NC2CCC2)ncc1[C@H]1CCCCN1. The van der Waals surface area contributed by atoms with E-state index in [1.807, 2.05) is 6.20 Å². The Labute approximate surface area is 103 Å². The fourth-order valence-electron chi connectivity index (χ4n) is 2.59. The van der Waals surface area contributed by atoms with Crippen LogP contribution in [0.3, 0.4) is 0 Å². The number of aromatic nitrogens is 1. The summed E-state index contributed by atoms with van der Waals surface area (Å²) in [5.41, 5.74) is 1.34. The van der Waals surface area contributed by atoms with E-state index in [0.29, 0.717) is 12.1 Å². The molecule has 3 nitrogen and oxygen atoms in total. The summed E-state index contributed by atoms with van der Waals surface area (Å²) in [5.74, 6) is 1.04. The van der Waals surface area contributed by atoms with Gasteiger partial charge in [0.1, 0.15) is 5.82 Å². The monoisotopic (exact) mass is 231 g/mol. The van der Waals surface area contributed by atoms with Gasteiger partial charge >= 0.3 is 0 Å². The largest absolute Gasteiger partial charge is 0.367 e. The van der Waals surface area contributed by atoms with Crippen LogP contribution in [0.15, 0.2) is 18.3 Å². The lowest BCUT2D eigenvalue weighted by atomic mass is 9.93. The molecular formula is C14H21N3. The Morgan fingerprint density at radius 2 is 2.06 bits per heavy atom. The summed E-state index contributed by atoms with van der Waals surface area (Å²) >= 11 is 0. The molecule has 2 heterocycles. The average Bonchev–Trinajstić information content (AvgIpc) is 2.36. The van der Waals surface area contributed by atoms with Crippen molar-refractivity contribution in [3.05, 3.63) is 23.9 Å².